The second-order valence-corrected chi connectivity index (χ2v) is 7.80. The van der Waals surface area contributed by atoms with Crippen molar-refractivity contribution in [2.24, 2.45) is 0 Å². The fourth-order valence-electron chi connectivity index (χ4n) is 4.09. The number of fused-ring (bicyclic) bond motifs is 2. The molecule has 0 unspecified atom stereocenters. The highest BCUT2D eigenvalue weighted by Gasteiger charge is 2.39. The number of hydrogen-bond acceptors (Lipinski definition) is 5. The van der Waals surface area contributed by atoms with Crippen LogP contribution < -0.4 is 10.1 Å². The molecule has 0 radical (unpaired) electrons. The van der Waals surface area contributed by atoms with Gasteiger partial charge in [0.05, 0.1) is 24.1 Å². The minimum absolute atomic E-state index is 0.0675. The molecular formula is C23H24N2O6. The van der Waals surface area contributed by atoms with E-state index in [0.717, 1.165) is 0 Å². The van der Waals surface area contributed by atoms with Crippen LogP contribution in [0.15, 0.2) is 48.5 Å². The number of ether oxygens (including phenoxy) is 2. The van der Waals surface area contributed by atoms with Gasteiger partial charge in [-0.25, -0.2) is 0 Å². The molecule has 0 spiro atoms. The van der Waals surface area contributed by atoms with Crippen LogP contribution in [0.25, 0.3) is 0 Å². The van der Waals surface area contributed by atoms with Gasteiger partial charge in [-0.1, -0.05) is 18.2 Å². The molecule has 1 fully saturated rings. The summed E-state index contributed by atoms with van der Waals surface area (Å²) in [6, 6.07) is 13.6. The Morgan fingerprint density at radius 2 is 1.94 bits per heavy atom. The number of carbonyl (C=O) groups excluding carboxylic acids is 2. The van der Waals surface area contributed by atoms with Crippen molar-refractivity contribution in [2.75, 3.05) is 19.0 Å². The van der Waals surface area contributed by atoms with Crippen molar-refractivity contribution in [3.8, 4) is 5.75 Å². The maximum Gasteiger partial charge on any atom is 0.305 e. The Kier molecular flexibility index (Phi) is 5.90. The molecule has 2 amide bonds. The fraction of sp³-hybridized carbons (Fsp3) is 0.348. The molecule has 0 saturated carbocycles. The molecule has 2 heterocycles. The number of benzene rings is 2. The van der Waals surface area contributed by atoms with Crippen molar-refractivity contribution in [2.45, 2.75) is 37.5 Å². The average molecular weight is 424 g/mol. The Morgan fingerprint density at radius 1 is 1.16 bits per heavy atom. The fourth-order valence-corrected chi connectivity index (χ4v) is 4.09. The van der Waals surface area contributed by atoms with E-state index in [9.17, 15) is 14.4 Å². The Bertz CT molecular complexity index is 993. The third-order valence-electron chi connectivity index (χ3n) is 5.71. The van der Waals surface area contributed by atoms with Crippen molar-refractivity contribution in [1.82, 2.24) is 4.90 Å². The molecule has 0 aliphatic carbocycles. The summed E-state index contributed by atoms with van der Waals surface area (Å²) >= 11 is 0. The van der Waals surface area contributed by atoms with Crippen LogP contribution in [0.2, 0.25) is 0 Å². The number of hydrogen-bond donors (Lipinski definition) is 2. The maximum atomic E-state index is 13.2. The third kappa shape index (κ3) is 4.54. The van der Waals surface area contributed by atoms with Crippen LogP contribution in [0.4, 0.5) is 5.69 Å². The number of nitrogens with zero attached hydrogens (tertiary/aromatic N) is 1. The zero-order valence-corrected chi connectivity index (χ0v) is 17.1. The lowest BCUT2D eigenvalue weighted by molar-refractivity contribution is -0.148. The second kappa shape index (κ2) is 8.77. The number of likely N-dealkylation sites (N-methyl/N-ethyl adjacent to an activating group) is 1. The van der Waals surface area contributed by atoms with E-state index < -0.39 is 12.1 Å². The summed E-state index contributed by atoms with van der Waals surface area (Å²) in [6.45, 7) is 0.209. The summed E-state index contributed by atoms with van der Waals surface area (Å²) < 4.78 is 11.8. The summed E-state index contributed by atoms with van der Waals surface area (Å²) in [5.41, 5.74) is 1.38. The lowest BCUT2D eigenvalue weighted by Gasteiger charge is -2.42. The summed E-state index contributed by atoms with van der Waals surface area (Å²) in [5, 5.41) is 11.9. The van der Waals surface area contributed by atoms with Gasteiger partial charge >= 0.3 is 5.97 Å². The van der Waals surface area contributed by atoms with Crippen molar-refractivity contribution < 1.29 is 29.0 Å². The first-order chi connectivity index (χ1) is 14.9. The first-order valence-corrected chi connectivity index (χ1v) is 10.2. The maximum absolute atomic E-state index is 13.2. The van der Waals surface area contributed by atoms with Crippen molar-refractivity contribution in [3.05, 3.63) is 59.7 Å². The van der Waals surface area contributed by atoms with Gasteiger partial charge in [-0.2, -0.15) is 0 Å². The lowest BCUT2D eigenvalue weighted by atomic mass is 9.94. The van der Waals surface area contributed by atoms with Gasteiger partial charge < -0.3 is 24.8 Å². The number of amides is 2. The third-order valence-corrected chi connectivity index (χ3v) is 5.71. The predicted octanol–water partition coefficient (Wildman–Crippen LogP) is 2.79. The standard InChI is InChI=1S/C23H24N2O6/c1-25-18-9-8-16(12-21(26)27)31-20(18)13-30-19-10-7-15(11-17(19)23(25)29)24-22(28)14-5-3-2-4-6-14/h2-7,10-11,16,18,20H,8-9,12-13H2,1H3,(H,24,28)(H,26,27)/t16-,18+,20+/m1/s1. The van der Waals surface area contributed by atoms with Gasteiger partial charge in [0.25, 0.3) is 11.8 Å². The van der Waals surface area contributed by atoms with Crippen LogP contribution in [0, 0.1) is 0 Å². The molecular weight excluding hydrogens is 400 g/mol. The average Bonchev–Trinajstić information content (AvgIpc) is 2.77. The zero-order chi connectivity index (χ0) is 22.0. The Hall–Kier alpha value is -3.39. The minimum Gasteiger partial charge on any atom is -0.490 e. The molecule has 2 aromatic carbocycles. The van der Waals surface area contributed by atoms with E-state index in [4.69, 9.17) is 14.6 Å². The molecule has 2 aliphatic heterocycles. The van der Waals surface area contributed by atoms with Crippen LogP contribution in [0.5, 0.6) is 5.75 Å². The van der Waals surface area contributed by atoms with Gasteiger partial charge in [0.2, 0.25) is 0 Å². The topological polar surface area (TPSA) is 105 Å². The quantitative estimate of drug-likeness (QED) is 0.782. The summed E-state index contributed by atoms with van der Waals surface area (Å²) in [4.78, 5) is 38.3. The number of anilines is 1. The molecule has 8 heteroatoms. The minimum atomic E-state index is -0.907. The Labute approximate surface area is 179 Å². The first kappa shape index (κ1) is 20.9. The normalized spacial score (nSPS) is 22.9. The molecule has 31 heavy (non-hydrogen) atoms. The summed E-state index contributed by atoms with van der Waals surface area (Å²) in [5.74, 6) is -1.01. The number of nitrogens with one attached hydrogen (secondary N) is 1. The smallest absolute Gasteiger partial charge is 0.305 e. The Balaban J connectivity index is 1.54. The second-order valence-electron chi connectivity index (χ2n) is 7.80. The van der Waals surface area contributed by atoms with Gasteiger partial charge in [-0.3, -0.25) is 14.4 Å². The lowest BCUT2D eigenvalue weighted by Crippen LogP contribution is -2.53. The van der Waals surface area contributed by atoms with Gasteiger partial charge in [-0.05, 0) is 43.2 Å². The van der Waals surface area contributed by atoms with Gasteiger partial charge in [-0.15, -0.1) is 0 Å². The van der Waals surface area contributed by atoms with E-state index in [2.05, 4.69) is 5.32 Å². The van der Waals surface area contributed by atoms with Crippen LogP contribution in [-0.2, 0) is 9.53 Å². The summed E-state index contributed by atoms with van der Waals surface area (Å²) in [7, 11) is 1.71. The predicted molar refractivity (Wildman–Crippen MR) is 112 cm³/mol. The van der Waals surface area contributed by atoms with Crippen LogP contribution in [-0.4, -0.2) is 59.7 Å². The SMILES string of the molecule is CN1C(=O)c2cc(NC(=O)c3ccccc3)ccc2OC[C@@H]2O[C@@H](CC(=O)O)CC[C@@H]21. The molecule has 8 nitrogen and oxygen atoms in total. The van der Waals surface area contributed by atoms with Crippen molar-refractivity contribution in [3.63, 3.8) is 0 Å². The van der Waals surface area contributed by atoms with Crippen molar-refractivity contribution in [1.29, 1.82) is 0 Å². The van der Waals surface area contributed by atoms with Gasteiger partial charge in [0.15, 0.2) is 0 Å². The van der Waals surface area contributed by atoms with Crippen molar-refractivity contribution >= 4 is 23.5 Å². The van der Waals surface area contributed by atoms with Crippen LogP contribution in [0.1, 0.15) is 40.0 Å². The van der Waals surface area contributed by atoms with E-state index in [1.807, 2.05) is 6.07 Å². The molecule has 2 N–H and O–H groups in total. The molecule has 0 aromatic heterocycles. The number of aliphatic carboxylic acids is 1. The number of carboxylic acid groups (broad SMARTS) is 1. The van der Waals surface area contributed by atoms with E-state index >= 15 is 0 Å². The van der Waals surface area contributed by atoms with Gasteiger partial charge in [0.1, 0.15) is 18.5 Å². The molecule has 4 rings (SSSR count). The highest BCUT2D eigenvalue weighted by Crippen LogP contribution is 2.32. The molecule has 1 saturated heterocycles. The molecule has 3 atom stereocenters. The first-order valence-electron chi connectivity index (χ1n) is 10.2. The van der Waals surface area contributed by atoms with E-state index in [-0.39, 0.29) is 37.0 Å². The van der Waals surface area contributed by atoms with E-state index in [1.54, 1.807) is 54.4 Å². The highest BCUT2D eigenvalue weighted by molar-refractivity contribution is 6.05. The van der Waals surface area contributed by atoms with E-state index in [1.165, 1.54) is 0 Å². The number of carboxylic acids is 1. The van der Waals surface area contributed by atoms with Gasteiger partial charge in [0, 0.05) is 18.3 Å². The molecule has 2 aliphatic rings. The monoisotopic (exact) mass is 424 g/mol. The van der Waals surface area contributed by atoms with Crippen LogP contribution in [0.3, 0.4) is 0 Å². The number of rotatable bonds is 4. The highest BCUT2D eigenvalue weighted by atomic mass is 16.5. The molecule has 2 aromatic rings. The van der Waals surface area contributed by atoms with E-state index in [0.29, 0.717) is 35.4 Å². The van der Waals surface area contributed by atoms with Crippen LogP contribution >= 0.6 is 0 Å². The molecule has 0 bridgehead atoms. The Morgan fingerprint density at radius 3 is 2.68 bits per heavy atom. The zero-order valence-electron chi connectivity index (χ0n) is 17.1. The largest absolute Gasteiger partial charge is 0.490 e. The summed E-state index contributed by atoms with van der Waals surface area (Å²) in [6.07, 6.45) is 0.332. The number of carbonyl (C=O) groups is 3. The molecule has 162 valence electrons.